The van der Waals surface area contributed by atoms with Crippen LogP contribution < -0.4 is 5.32 Å². The molecular formula is C13H27N5OS. The topological polar surface area (TPSA) is 75.9 Å². The van der Waals surface area contributed by atoms with Crippen molar-refractivity contribution in [3.05, 3.63) is 0 Å². The summed E-state index contributed by atoms with van der Waals surface area (Å²) in [6, 6.07) is 0. The molecule has 0 saturated heterocycles. The second-order valence-corrected chi connectivity index (χ2v) is 6.91. The molecule has 116 valence electrons. The van der Waals surface area contributed by atoms with Crippen LogP contribution in [-0.4, -0.2) is 49.8 Å². The van der Waals surface area contributed by atoms with E-state index in [4.69, 9.17) is 5.11 Å². The normalized spacial score (nSPS) is 12.0. The number of aliphatic hydroxyl groups is 1. The summed E-state index contributed by atoms with van der Waals surface area (Å²) in [7, 11) is 0. The Bertz CT molecular complexity index is 364. The molecule has 0 bridgehead atoms. The van der Waals surface area contributed by atoms with E-state index < -0.39 is 0 Å². The van der Waals surface area contributed by atoms with Crippen molar-refractivity contribution >= 4 is 11.8 Å². The Hall–Kier alpha value is -0.660. The minimum absolute atomic E-state index is 0.119. The van der Waals surface area contributed by atoms with Gasteiger partial charge in [-0.1, -0.05) is 24.6 Å². The van der Waals surface area contributed by atoms with Crippen LogP contribution in [0.5, 0.6) is 0 Å². The Morgan fingerprint density at radius 2 is 1.95 bits per heavy atom. The highest BCUT2D eigenvalue weighted by atomic mass is 32.2. The Morgan fingerprint density at radius 1 is 1.20 bits per heavy atom. The van der Waals surface area contributed by atoms with Crippen LogP contribution >= 0.6 is 11.8 Å². The molecule has 1 heterocycles. The number of nitrogens with one attached hydrogen (secondary N) is 1. The maximum Gasteiger partial charge on any atom is 0.209 e. The standard InChI is InChI=1S/C13H27N5OS/c1-13(2,3)14-8-9-18-12(15-16-17-18)20-11-7-5-4-6-10-19/h14,19H,4-11H2,1-3H3. The van der Waals surface area contributed by atoms with Gasteiger partial charge in [0.15, 0.2) is 0 Å². The number of tetrazole rings is 1. The van der Waals surface area contributed by atoms with Crippen molar-refractivity contribution in [3.8, 4) is 0 Å². The van der Waals surface area contributed by atoms with Crippen molar-refractivity contribution < 1.29 is 5.11 Å². The highest BCUT2D eigenvalue weighted by Gasteiger charge is 2.10. The largest absolute Gasteiger partial charge is 0.396 e. The van der Waals surface area contributed by atoms with Gasteiger partial charge in [0.1, 0.15) is 0 Å². The molecule has 0 aliphatic heterocycles. The van der Waals surface area contributed by atoms with Crippen molar-refractivity contribution in [3.63, 3.8) is 0 Å². The van der Waals surface area contributed by atoms with Crippen molar-refractivity contribution in [1.29, 1.82) is 0 Å². The van der Waals surface area contributed by atoms with E-state index >= 15 is 0 Å². The lowest BCUT2D eigenvalue weighted by Gasteiger charge is -2.20. The summed E-state index contributed by atoms with van der Waals surface area (Å²) in [5.41, 5.74) is 0.119. The van der Waals surface area contributed by atoms with E-state index in [9.17, 15) is 0 Å². The highest BCUT2D eigenvalue weighted by Crippen LogP contribution is 2.16. The van der Waals surface area contributed by atoms with Crippen LogP contribution in [0.15, 0.2) is 5.16 Å². The number of hydrogen-bond donors (Lipinski definition) is 2. The van der Waals surface area contributed by atoms with Crippen molar-refractivity contribution in [1.82, 2.24) is 25.5 Å². The molecular weight excluding hydrogens is 274 g/mol. The van der Waals surface area contributed by atoms with E-state index in [0.29, 0.717) is 6.61 Å². The van der Waals surface area contributed by atoms with Crippen molar-refractivity contribution in [2.45, 2.75) is 63.7 Å². The summed E-state index contributed by atoms with van der Waals surface area (Å²) in [4.78, 5) is 0. The van der Waals surface area contributed by atoms with E-state index in [2.05, 4.69) is 41.6 Å². The fourth-order valence-corrected chi connectivity index (χ4v) is 2.61. The van der Waals surface area contributed by atoms with Crippen molar-refractivity contribution in [2.75, 3.05) is 18.9 Å². The van der Waals surface area contributed by atoms with Gasteiger partial charge in [-0.15, -0.1) is 5.10 Å². The minimum Gasteiger partial charge on any atom is -0.396 e. The van der Waals surface area contributed by atoms with E-state index in [1.165, 1.54) is 0 Å². The number of thioether (sulfide) groups is 1. The van der Waals surface area contributed by atoms with Crippen LogP contribution in [0.4, 0.5) is 0 Å². The average molecular weight is 301 g/mol. The Labute approximate surface area is 125 Å². The molecule has 0 unspecified atom stereocenters. The molecule has 0 amide bonds. The quantitative estimate of drug-likeness (QED) is 0.506. The third-order valence-corrected chi connectivity index (χ3v) is 3.80. The van der Waals surface area contributed by atoms with Gasteiger partial charge in [-0.2, -0.15) is 0 Å². The Balaban J connectivity index is 2.21. The van der Waals surface area contributed by atoms with Gasteiger partial charge >= 0.3 is 0 Å². The van der Waals surface area contributed by atoms with Gasteiger partial charge in [0, 0.05) is 24.4 Å². The van der Waals surface area contributed by atoms with E-state index in [1.54, 1.807) is 11.8 Å². The molecule has 1 aromatic rings. The second-order valence-electron chi connectivity index (χ2n) is 5.85. The lowest BCUT2D eigenvalue weighted by Crippen LogP contribution is -2.38. The molecule has 0 spiro atoms. The third-order valence-electron chi connectivity index (χ3n) is 2.76. The van der Waals surface area contributed by atoms with Gasteiger partial charge in [0.25, 0.3) is 0 Å². The molecule has 0 aromatic carbocycles. The fourth-order valence-electron chi connectivity index (χ4n) is 1.71. The number of nitrogens with zero attached hydrogens (tertiary/aromatic N) is 4. The van der Waals surface area contributed by atoms with Gasteiger partial charge in [-0.3, -0.25) is 0 Å². The van der Waals surface area contributed by atoms with Gasteiger partial charge in [0.05, 0.1) is 6.54 Å². The summed E-state index contributed by atoms with van der Waals surface area (Å²) in [6.07, 6.45) is 4.29. The fraction of sp³-hybridized carbons (Fsp3) is 0.923. The monoisotopic (exact) mass is 301 g/mol. The minimum atomic E-state index is 0.119. The number of rotatable bonds is 10. The number of aliphatic hydroxyl groups excluding tert-OH is 1. The molecule has 20 heavy (non-hydrogen) atoms. The van der Waals surface area contributed by atoms with Crippen LogP contribution in [0, 0.1) is 0 Å². The molecule has 0 saturated carbocycles. The van der Waals surface area contributed by atoms with Gasteiger partial charge in [-0.05, 0) is 44.0 Å². The highest BCUT2D eigenvalue weighted by molar-refractivity contribution is 7.99. The smallest absolute Gasteiger partial charge is 0.209 e. The molecule has 7 heteroatoms. The number of unbranched alkanes of at least 4 members (excludes halogenated alkanes) is 3. The van der Waals surface area contributed by atoms with Crippen molar-refractivity contribution in [2.24, 2.45) is 0 Å². The summed E-state index contributed by atoms with van der Waals surface area (Å²) in [5.74, 6) is 1.03. The zero-order valence-corrected chi connectivity index (χ0v) is 13.6. The van der Waals surface area contributed by atoms with Crippen LogP contribution in [0.2, 0.25) is 0 Å². The van der Waals surface area contributed by atoms with Crippen LogP contribution in [0.25, 0.3) is 0 Å². The lowest BCUT2D eigenvalue weighted by atomic mass is 10.1. The Kier molecular flexibility index (Phi) is 8.09. The number of aromatic nitrogens is 4. The van der Waals surface area contributed by atoms with E-state index in [0.717, 1.165) is 49.7 Å². The molecule has 6 nitrogen and oxygen atoms in total. The number of hydrogen-bond acceptors (Lipinski definition) is 6. The summed E-state index contributed by atoms with van der Waals surface area (Å²) >= 11 is 1.71. The van der Waals surface area contributed by atoms with Crippen LogP contribution in [-0.2, 0) is 6.54 Å². The summed E-state index contributed by atoms with van der Waals surface area (Å²) in [6.45, 7) is 8.39. The molecule has 1 aromatic heterocycles. The molecule has 0 atom stereocenters. The SMILES string of the molecule is CC(C)(C)NCCn1nnnc1SCCCCCCO. The van der Waals surface area contributed by atoms with Gasteiger partial charge in [-0.25, -0.2) is 4.68 Å². The third kappa shape index (κ3) is 7.81. The predicted molar refractivity (Wildman–Crippen MR) is 81.9 cm³/mol. The first-order chi connectivity index (χ1) is 9.53. The zero-order valence-electron chi connectivity index (χ0n) is 12.8. The molecule has 0 radical (unpaired) electrons. The summed E-state index contributed by atoms with van der Waals surface area (Å²) < 4.78 is 1.86. The maximum absolute atomic E-state index is 8.71. The summed E-state index contributed by atoms with van der Waals surface area (Å²) in [5, 5.41) is 24.9. The van der Waals surface area contributed by atoms with E-state index in [-0.39, 0.29) is 5.54 Å². The lowest BCUT2D eigenvalue weighted by molar-refractivity contribution is 0.283. The maximum atomic E-state index is 8.71. The van der Waals surface area contributed by atoms with Crippen LogP contribution in [0.1, 0.15) is 46.5 Å². The predicted octanol–water partition coefficient (Wildman–Crippen LogP) is 1.71. The van der Waals surface area contributed by atoms with Gasteiger partial charge in [0.2, 0.25) is 5.16 Å². The Morgan fingerprint density at radius 3 is 2.65 bits per heavy atom. The first-order valence-corrected chi connectivity index (χ1v) is 8.26. The van der Waals surface area contributed by atoms with E-state index in [1.807, 2.05) is 4.68 Å². The molecule has 0 fully saturated rings. The zero-order chi connectivity index (χ0) is 14.8. The first kappa shape index (κ1) is 17.4. The first-order valence-electron chi connectivity index (χ1n) is 7.28. The second kappa shape index (κ2) is 9.31. The molecule has 0 aliphatic carbocycles. The molecule has 0 aliphatic rings. The molecule has 1 rings (SSSR count). The molecule has 2 N–H and O–H groups in total. The average Bonchev–Trinajstić information content (AvgIpc) is 2.80. The van der Waals surface area contributed by atoms with Crippen LogP contribution in [0.3, 0.4) is 0 Å². The van der Waals surface area contributed by atoms with Gasteiger partial charge < -0.3 is 10.4 Å².